The Morgan fingerprint density at radius 3 is 2.78 bits per heavy atom. The summed E-state index contributed by atoms with van der Waals surface area (Å²) in [4.78, 5) is 22.4. The summed E-state index contributed by atoms with van der Waals surface area (Å²) >= 11 is 0. The zero-order valence-electron chi connectivity index (χ0n) is 13.5. The first-order chi connectivity index (χ1) is 11.2. The van der Waals surface area contributed by atoms with Gasteiger partial charge in [-0.05, 0) is 36.2 Å². The lowest BCUT2D eigenvalue weighted by Gasteiger charge is -2.18. The standard InChI is InChI=1S/C17H22N4O2/c1-21(11-6-14-3-7-18-8-4-14)16-13-15(5-9-19-16)17(22)20-10-12-23-2/h3-5,7-9,13H,6,10-12H2,1-2H3,(H,20,22). The second-order valence-corrected chi connectivity index (χ2v) is 5.18. The van der Waals surface area contributed by atoms with Gasteiger partial charge in [0.2, 0.25) is 0 Å². The fourth-order valence-corrected chi connectivity index (χ4v) is 2.10. The lowest BCUT2D eigenvalue weighted by molar-refractivity contribution is 0.0937. The van der Waals surface area contributed by atoms with E-state index < -0.39 is 0 Å². The molecule has 2 heterocycles. The molecule has 122 valence electrons. The van der Waals surface area contributed by atoms with Gasteiger partial charge in [-0.25, -0.2) is 4.98 Å². The van der Waals surface area contributed by atoms with Crippen LogP contribution >= 0.6 is 0 Å². The minimum atomic E-state index is -0.117. The first-order valence-corrected chi connectivity index (χ1v) is 7.54. The Morgan fingerprint density at radius 2 is 2.04 bits per heavy atom. The molecule has 0 aromatic carbocycles. The van der Waals surface area contributed by atoms with Crippen LogP contribution in [-0.2, 0) is 11.2 Å². The Labute approximate surface area is 136 Å². The highest BCUT2D eigenvalue weighted by molar-refractivity contribution is 5.94. The van der Waals surface area contributed by atoms with E-state index in [9.17, 15) is 4.79 Å². The lowest BCUT2D eigenvalue weighted by Crippen LogP contribution is -2.27. The Hall–Kier alpha value is -2.47. The van der Waals surface area contributed by atoms with Crippen molar-refractivity contribution in [3.63, 3.8) is 0 Å². The van der Waals surface area contributed by atoms with Crippen molar-refractivity contribution < 1.29 is 9.53 Å². The van der Waals surface area contributed by atoms with Crippen LogP contribution in [0.15, 0.2) is 42.9 Å². The first-order valence-electron chi connectivity index (χ1n) is 7.54. The van der Waals surface area contributed by atoms with Gasteiger partial charge in [0.25, 0.3) is 5.91 Å². The fourth-order valence-electron chi connectivity index (χ4n) is 2.10. The zero-order chi connectivity index (χ0) is 16.5. The predicted octanol–water partition coefficient (Wildman–Crippen LogP) is 1.53. The highest BCUT2D eigenvalue weighted by atomic mass is 16.5. The topological polar surface area (TPSA) is 67.3 Å². The third kappa shape index (κ3) is 5.34. The summed E-state index contributed by atoms with van der Waals surface area (Å²) < 4.78 is 4.92. The van der Waals surface area contributed by atoms with Crippen LogP contribution in [0.5, 0.6) is 0 Å². The summed E-state index contributed by atoms with van der Waals surface area (Å²) in [6, 6.07) is 7.51. The highest BCUT2D eigenvalue weighted by Crippen LogP contribution is 2.12. The van der Waals surface area contributed by atoms with Gasteiger partial charge >= 0.3 is 0 Å². The number of nitrogens with one attached hydrogen (secondary N) is 1. The van der Waals surface area contributed by atoms with Crippen LogP contribution in [0, 0.1) is 0 Å². The van der Waals surface area contributed by atoms with E-state index in [1.54, 1.807) is 37.8 Å². The van der Waals surface area contributed by atoms with Crippen molar-refractivity contribution in [1.82, 2.24) is 15.3 Å². The molecule has 0 aliphatic heterocycles. The van der Waals surface area contributed by atoms with Gasteiger partial charge in [-0.2, -0.15) is 0 Å². The SMILES string of the molecule is COCCNC(=O)c1ccnc(N(C)CCc2ccncc2)c1. The van der Waals surface area contributed by atoms with Crippen molar-refractivity contribution in [2.75, 3.05) is 38.8 Å². The number of ether oxygens (including phenoxy) is 1. The van der Waals surface area contributed by atoms with Crippen molar-refractivity contribution in [2.24, 2.45) is 0 Å². The summed E-state index contributed by atoms with van der Waals surface area (Å²) in [5.74, 6) is 0.659. The van der Waals surface area contributed by atoms with Crippen molar-refractivity contribution >= 4 is 11.7 Å². The maximum atomic E-state index is 12.1. The first kappa shape index (κ1) is 16.9. The number of hydrogen-bond acceptors (Lipinski definition) is 5. The molecule has 6 heteroatoms. The second-order valence-electron chi connectivity index (χ2n) is 5.18. The number of aromatic nitrogens is 2. The lowest BCUT2D eigenvalue weighted by atomic mass is 10.2. The number of amides is 1. The van der Waals surface area contributed by atoms with E-state index >= 15 is 0 Å². The van der Waals surface area contributed by atoms with Crippen molar-refractivity contribution in [3.05, 3.63) is 54.0 Å². The zero-order valence-corrected chi connectivity index (χ0v) is 13.5. The molecule has 0 bridgehead atoms. The molecule has 0 atom stereocenters. The molecular weight excluding hydrogens is 292 g/mol. The van der Waals surface area contributed by atoms with Crippen molar-refractivity contribution in [2.45, 2.75) is 6.42 Å². The molecule has 0 aliphatic rings. The molecule has 0 saturated carbocycles. The number of methoxy groups -OCH3 is 1. The maximum absolute atomic E-state index is 12.1. The third-order valence-corrected chi connectivity index (χ3v) is 3.48. The van der Waals surface area contributed by atoms with Crippen LogP contribution in [0.4, 0.5) is 5.82 Å². The number of likely N-dealkylation sites (N-methyl/N-ethyl adjacent to an activating group) is 1. The highest BCUT2D eigenvalue weighted by Gasteiger charge is 2.09. The van der Waals surface area contributed by atoms with Crippen LogP contribution in [-0.4, -0.2) is 49.7 Å². The predicted molar refractivity (Wildman–Crippen MR) is 89.7 cm³/mol. The Kier molecular flexibility index (Phi) is 6.50. The van der Waals surface area contributed by atoms with Gasteiger partial charge in [0.15, 0.2) is 0 Å². The van der Waals surface area contributed by atoms with E-state index in [0.29, 0.717) is 18.7 Å². The second kappa shape index (κ2) is 8.85. The molecule has 23 heavy (non-hydrogen) atoms. The smallest absolute Gasteiger partial charge is 0.251 e. The van der Waals surface area contributed by atoms with E-state index in [-0.39, 0.29) is 5.91 Å². The fraction of sp³-hybridized carbons (Fsp3) is 0.353. The van der Waals surface area contributed by atoms with Crippen LogP contribution < -0.4 is 10.2 Å². The summed E-state index contributed by atoms with van der Waals surface area (Å²) in [6.45, 7) is 1.80. The van der Waals surface area contributed by atoms with Gasteiger partial charge in [0, 0.05) is 51.4 Å². The number of pyridine rings is 2. The molecule has 0 saturated heterocycles. The minimum Gasteiger partial charge on any atom is -0.383 e. The van der Waals surface area contributed by atoms with Gasteiger partial charge < -0.3 is 15.0 Å². The minimum absolute atomic E-state index is 0.117. The van der Waals surface area contributed by atoms with Crippen LogP contribution in [0.2, 0.25) is 0 Å². The van der Waals surface area contributed by atoms with Crippen LogP contribution in [0.3, 0.4) is 0 Å². The van der Waals surface area contributed by atoms with E-state index in [1.807, 2.05) is 24.1 Å². The molecule has 0 aliphatic carbocycles. The van der Waals surface area contributed by atoms with E-state index in [0.717, 1.165) is 18.8 Å². The Balaban J connectivity index is 1.94. The molecule has 1 amide bonds. The average Bonchev–Trinajstić information content (AvgIpc) is 2.61. The van der Waals surface area contributed by atoms with Gasteiger partial charge in [-0.3, -0.25) is 9.78 Å². The molecule has 0 fully saturated rings. The molecule has 2 aromatic heterocycles. The monoisotopic (exact) mass is 314 g/mol. The molecule has 2 aromatic rings. The molecular formula is C17H22N4O2. The third-order valence-electron chi connectivity index (χ3n) is 3.48. The van der Waals surface area contributed by atoms with Crippen LogP contribution in [0.25, 0.3) is 0 Å². The summed E-state index contributed by atoms with van der Waals surface area (Å²) in [5, 5.41) is 2.81. The normalized spacial score (nSPS) is 10.3. The number of nitrogens with zero attached hydrogens (tertiary/aromatic N) is 3. The average molecular weight is 314 g/mol. The summed E-state index contributed by atoms with van der Waals surface area (Å²) in [7, 11) is 3.57. The number of carbonyl (C=O) groups is 1. The molecule has 0 unspecified atom stereocenters. The van der Waals surface area contributed by atoms with Crippen molar-refractivity contribution in [3.8, 4) is 0 Å². The van der Waals surface area contributed by atoms with Crippen molar-refractivity contribution in [1.29, 1.82) is 0 Å². The number of hydrogen-bond donors (Lipinski definition) is 1. The molecule has 2 rings (SSSR count). The Morgan fingerprint density at radius 1 is 1.26 bits per heavy atom. The Bertz CT molecular complexity index is 619. The molecule has 0 spiro atoms. The van der Waals surface area contributed by atoms with E-state index in [4.69, 9.17) is 4.74 Å². The van der Waals surface area contributed by atoms with Gasteiger partial charge in [-0.1, -0.05) is 0 Å². The van der Waals surface area contributed by atoms with Crippen LogP contribution in [0.1, 0.15) is 15.9 Å². The quantitative estimate of drug-likeness (QED) is 0.749. The van der Waals surface area contributed by atoms with Gasteiger partial charge in [0.05, 0.1) is 6.61 Å². The molecule has 1 N–H and O–H groups in total. The number of carbonyl (C=O) groups excluding carboxylic acids is 1. The van der Waals surface area contributed by atoms with Gasteiger partial charge in [0.1, 0.15) is 5.82 Å². The van der Waals surface area contributed by atoms with E-state index in [2.05, 4.69) is 15.3 Å². The van der Waals surface area contributed by atoms with E-state index in [1.165, 1.54) is 5.56 Å². The molecule has 6 nitrogen and oxygen atoms in total. The number of rotatable bonds is 8. The number of anilines is 1. The largest absolute Gasteiger partial charge is 0.383 e. The molecule has 0 radical (unpaired) electrons. The summed E-state index contributed by atoms with van der Waals surface area (Å²) in [5.41, 5.74) is 1.82. The maximum Gasteiger partial charge on any atom is 0.251 e. The summed E-state index contributed by atoms with van der Waals surface area (Å²) in [6.07, 6.45) is 6.13. The van der Waals surface area contributed by atoms with Gasteiger partial charge in [-0.15, -0.1) is 0 Å².